The molecular weight excluding hydrogens is 445 g/mol. The third-order valence-corrected chi connectivity index (χ3v) is 7.72. The molecule has 3 heterocycles. The van der Waals surface area contributed by atoms with Crippen molar-refractivity contribution in [1.29, 1.82) is 0 Å². The van der Waals surface area contributed by atoms with Crippen LogP contribution in [-0.2, 0) is 10.9 Å². The number of halogens is 4. The van der Waals surface area contributed by atoms with Gasteiger partial charge in [0, 0.05) is 44.0 Å². The number of alkyl halides is 3. The lowest BCUT2D eigenvalue weighted by atomic mass is 9.59. The molecule has 3 atom stereocenters. The van der Waals surface area contributed by atoms with E-state index in [9.17, 15) is 17.6 Å². The first-order valence-corrected chi connectivity index (χ1v) is 12.1. The van der Waals surface area contributed by atoms with Crippen LogP contribution < -0.4 is 5.59 Å². The number of hydrogen-bond acceptors (Lipinski definition) is 4. The summed E-state index contributed by atoms with van der Waals surface area (Å²) in [5, 5.41) is 8.02. The Balaban J connectivity index is 1.26. The lowest BCUT2D eigenvalue weighted by molar-refractivity contribution is -0.136. The number of rotatable bonds is 5. The van der Waals surface area contributed by atoms with E-state index >= 15 is 0 Å². The van der Waals surface area contributed by atoms with E-state index < -0.39 is 17.6 Å². The maximum atomic E-state index is 13.9. The predicted molar refractivity (Wildman–Crippen MR) is 123 cm³/mol. The van der Waals surface area contributed by atoms with Crippen molar-refractivity contribution >= 4 is 12.9 Å². The highest BCUT2D eigenvalue weighted by Crippen LogP contribution is 2.45. The Morgan fingerprint density at radius 3 is 2.44 bits per heavy atom. The fraction of sp³-hybridized carbons (Fsp3) is 0.600. The van der Waals surface area contributed by atoms with Crippen molar-refractivity contribution in [3.63, 3.8) is 0 Å². The number of nitrogens with zero attached hydrogens (tertiary/aromatic N) is 3. The molecule has 9 heteroatoms. The molecule has 1 aromatic heterocycles. The molecule has 2 aromatic rings. The smallest absolute Gasteiger partial charge is 0.381 e. The number of aryl methyl sites for hydroxylation is 1. The third kappa shape index (κ3) is 5.15. The number of aromatic nitrogens is 2. The van der Waals surface area contributed by atoms with E-state index in [1.807, 2.05) is 0 Å². The van der Waals surface area contributed by atoms with Crippen LogP contribution in [-0.4, -0.2) is 55.2 Å². The van der Waals surface area contributed by atoms with Gasteiger partial charge in [-0.05, 0) is 61.3 Å². The summed E-state index contributed by atoms with van der Waals surface area (Å²) >= 11 is 0. The van der Waals surface area contributed by atoms with E-state index in [-0.39, 0.29) is 17.1 Å². The fourth-order valence-corrected chi connectivity index (χ4v) is 6.00. The monoisotopic (exact) mass is 474 g/mol. The first kappa shape index (κ1) is 23.7. The summed E-state index contributed by atoms with van der Waals surface area (Å²) in [5.74, 6) is 1.29. The zero-order valence-corrected chi connectivity index (χ0v) is 19.3. The van der Waals surface area contributed by atoms with Gasteiger partial charge in [-0.15, -0.1) is 0 Å². The van der Waals surface area contributed by atoms with Crippen LogP contribution in [0.1, 0.15) is 36.8 Å². The molecule has 34 heavy (non-hydrogen) atoms. The largest absolute Gasteiger partial charge is 0.417 e. The van der Waals surface area contributed by atoms with E-state index in [4.69, 9.17) is 4.74 Å². The highest BCUT2D eigenvalue weighted by atomic mass is 19.4. The van der Waals surface area contributed by atoms with Crippen molar-refractivity contribution in [2.45, 2.75) is 44.6 Å². The van der Waals surface area contributed by atoms with E-state index in [2.05, 4.69) is 15.1 Å². The van der Waals surface area contributed by atoms with Crippen LogP contribution in [0.2, 0.25) is 5.82 Å². The van der Waals surface area contributed by atoms with Gasteiger partial charge in [0.05, 0.1) is 11.3 Å². The van der Waals surface area contributed by atoms with Crippen molar-refractivity contribution in [3.05, 3.63) is 41.2 Å². The van der Waals surface area contributed by atoms with Crippen molar-refractivity contribution in [3.8, 4) is 11.3 Å². The van der Waals surface area contributed by atoms with Crippen LogP contribution in [0.25, 0.3) is 11.3 Å². The molecule has 0 spiro atoms. The van der Waals surface area contributed by atoms with Gasteiger partial charge in [0.1, 0.15) is 5.82 Å². The van der Waals surface area contributed by atoms with Crippen LogP contribution in [0.5, 0.6) is 0 Å². The van der Waals surface area contributed by atoms with Crippen LogP contribution in [0.4, 0.5) is 17.6 Å². The van der Waals surface area contributed by atoms with Crippen molar-refractivity contribution in [1.82, 2.24) is 15.1 Å². The average Bonchev–Trinajstić information content (AvgIpc) is 3.33. The Morgan fingerprint density at radius 2 is 1.76 bits per heavy atom. The lowest BCUT2D eigenvalue weighted by Gasteiger charge is -2.27. The zero-order chi connectivity index (χ0) is 23.9. The molecule has 3 fully saturated rings. The number of benzene rings is 1. The van der Waals surface area contributed by atoms with Gasteiger partial charge >= 0.3 is 6.18 Å². The van der Waals surface area contributed by atoms with Crippen LogP contribution in [0.3, 0.4) is 0 Å². The molecule has 2 saturated heterocycles. The molecule has 1 aliphatic carbocycles. The second kappa shape index (κ2) is 9.57. The molecule has 5 rings (SSSR count). The zero-order valence-electron chi connectivity index (χ0n) is 19.3. The summed E-state index contributed by atoms with van der Waals surface area (Å²) < 4.78 is 60.9. The van der Waals surface area contributed by atoms with Crippen LogP contribution >= 0.6 is 0 Å². The molecule has 0 bridgehead atoms. The van der Waals surface area contributed by atoms with Gasteiger partial charge in [0.25, 0.3) is 0 Å². The standard InChI is InChI=1S/C25H29BF4N3O/c1-15-2-3-20(27)10-21(15)23-11-22(25(28,29)30)24(32-31-23)26-19-8-17-13-33(14-18(17)9-19)12-16-4-6-34-7-5-16/h2-3,10-11,16-19H,4-9,12-14H2,1H3/t17-,18+,19?. The van der Waals surface area contributed by atoms with Crippen molar-refractivity contribution in [2.75, 3.05) is 32.8 Å². The molecule has 1 unspecified atom stereocenters. The van der Waals surface area contributed by atoms with Gasteiger partial charge in [-0.3, -0.25) is 0 Å². The first-order chi connectivity index (χ1) is 16.3. The van der Waals surface area contributed by atoms with Gasteiger partial charge in [-0.2, -0.15) is 23.4 Å². The Bertz CT molecular complexity index is 1010. The second-order valence-electron chi connectivity index (χ2n) is 10.2. The molecule has 1 aromatic carbocycles. The minimum absolute atomic E-state index is 0.0357. The second-order valence-corrected chi connectivity index (χ2v) is 10.2. The van der Waals surface area contributed by atoms with Crippen molar-refractivity contribution < 1.29 is 22.3 Å². The van der Waals surface area contributed by atoms with E-state index in [0.29, 0.717) is 28.9 Å². The molecular formula is C25H29BF4N3O. The molecule has 1 saturated carbocycles. The van der Waals surface area contributed by atoms with Gasteiger partial charge in [0.15, 0.2) is 7.28 Å². The van der Waals surface area contributed by atoms with Gasteiger partial charge in [-0.25, -0.2) is 4.39 Å². The summed E-state index contributed by atoms with van der Waals surface area (Å²) in [5.41, 5.74) is 0.0845. The highest BCUT2D eigenvalue weighted by Gasteiger charge is 2.43. The highest BCUT2D eigenvalue weighted by molar-refractivity contribution is 6.54. The summed E-state index contributed by atoms with van der Waals surface area (Å²) in [7, 11) is 1.67. The average molecular weight is 474 g/mol. The maximum absolute atomic E-state index is 13.9. The first-order valence-electron chi connectivity index (χ1n) is 12.1. The minimum atomic E-state index is -4.56. The van der Waals surface area contributed by atoms with Crippen LogP contribution in [0, 0.1) is 30.5 Å². The summed E-state index contributed by atoms with van der Waals surface area (Å²) in [6, 6.07) is 5.02. The normalized spacial score (nSPS) is 26.1. The SMILES string of the molecule is Cc1ccc(F)cc1-c1cc(C(F)(F)F)c([B]C2C[C@@H]3CN(CC4CCOCC4)C[C@@H]3C2)nn1. The summed E-state index contributed by atoms with van der Waals surface area (Å²) in [6.45, 7) is 6.58. The number of fused-ring (bicyclic) bond motifs is 1. The Kier molecular flexibility index (Phi) is 6.68. The quantitative estimate of drug-likeness (QED) is 0.473. The topological polar surface area (TPSA) is 38.2 Å². The number of ether oxygens (including phenoxy) is 1. The van der Waals surface area contributed by atoms with Crippen LogP contribution in [0.15, 0.2) is 24.3 Å². The van der Waals surface area contributed by atoms with Crippen molar-refractivity contribution in [2.24, 2.45) is 17.8 Å². The Hall–Kier alpha value is -2.00. The molecule has 2 aliphatic heterocycles. The molecule has 4 nitrogen and oxygen atoms in total. The number of hydrogen-bond donors (Lipinski definition) is 0. The predicted octanol–water partition coefficient (Wildman–Crippen LogP) is 4.50. The third-order valence-electron chi connectivity index (χ3n) is 7.72. The van der Waals surface area contributed by atoms with E-state index in [1.165, 1.54) is 18.2 Å². The molecule has 0 amide bonds. The Morgan fingerprint density at radius 1 is 1.06 bits per heavy atom. The fourth-order valence-electron chi connectivity index (χ4n) is 6.00. The van der Waals surface area contributed by atoms with Gasteiger partial charge in [-0.1, -0.05) is 24.7 Å². The summed E-state index contributed by atoms with van der Waals surface area (Å²) in [6.07, 6.45) is -0.553. The molecule has 181 valence electrons. The van der Waals surface area contributed by atoms with E-state index in [1.54, 1.807) is 14.2 Å². The van der Waals surface area contributed by atoms with Gasteiger partial charge in [0.2, 0.25) is 0 Å². The Labute approximate surface area is 198 Å². The molecule has 1 radical (unpaired) electrons. The summed E-state index contributed by atoms with van der Waals surface area (Å²) in [4.78, 5) is 2.54. The van der Waals surface area contributed by atoms with Gasteiger partial charge < -0.3 is 9.64 Å². The molecule has 3 aliphatic rings. The van der Waals surface area contributed by atoms with E-state index in [0.717, 1.165) is 64.6 Å². The minimum Gasteiger partial charge on any atom is -0.381 e. The maximum Gasteiger partial charge on any atom is 0.417 e. The molecule has 0 N–H and O–H groups in total. The number of likely N-dealkylation sites (tertiary alicyclic amines) is 1. The lowest BCUT2D eigenvalue weighted by Crippen LogP contribution is -2.33.